The standard InChI is InChI=1S/C11H14N5O6P/c12-11-14-9-8(10(17)15-11)13-4-16(9)6-1-2-7(21-3-6)22-5-23(18,19)20/h1-2,4,6-7H,3,5H2,(H2,18,19,20)(H3,12,14,15,17). The number of nitrogens with one attached hydrogen (secondary N) is 1. The molecule has 2 aromatic rings. The number of imidazole rings is 1. The second-order valence-corrected chi connectivity index (χ2v) is 6.48. The Kier molecular flexibility index (Phi) is 4.04. The van der Waals surface area contributed by atoms with E-state index in [9.17, 15) is 9.36 Å². The van der Waals surface area contributed by atoms with E-state index < -0.39 is 25.8 Å². The van der Waals surface area contributed by atoms with Gasteiger partial charge in [-0.25, -0.2) is 4.98 Å². The third kappa shape index (κ3) is 3.49. The molecular formula is C11H14N5O6P. The van der Waals surface area contributed by atoms with Crippen LogP contribution in [0.25, 0.3) is 11.2 Å². The molecule has 12 heteroatoms. The molecule has 0 fully saturated rings. The van der Waals surface area contributed by atoms with E-state index in [1.807, 2.05) is 0 Å². The molecule has 0 radical (unpaired) electrons. The summed E-state index contributed by atoms with van der Waals surface area (Å²) in [7, 11) is -4.25. The van der Waals surface area contributed by atoms with Gasteiger partial charge in [0.1, 0.15) is 0 Å². The van der Waals surface area contributed by atoms with Crippen molar-refractivity contribution in [3.8, 4) is 0 Å². The lowest BCUT2D eigenvalue weighted by atomic mass is 10.2. The molecule has 23 heavy (non-hydrogen) atoms. The predicted octanol–water partition coefficient (Wildman–Crippen LogP) is -0.693. The Morgan fingerprint density at radius 2 is 2.30 bits per heavy atom. The Bertz CT molecular complexity index is 854. The molecule has 1 aliphatic heterocycles. The van der Waals surface area contributed by atoms with Gasteiger partial charge in [0.2, 0.25) is 5.95 Å². The van der Waals surface area contributed by atoms with Crippen LogP contribution in [-0.4, -0.2) is 48.6 Å². The lowest BCUT2D eigenvalue weighted by Crippen LogP contribution is -2.26. The molecule has 0 spiro atoms. The fourth-order valence-corrected chi connectivity index (χ4v) is 2.50. The van der Waals surface area contributed by atoms with Crippen molar-refractivity contribution in [2.24, 2.45) is 0 Å². The summed E-state index contributed by atoms with van der Waals surface area (Å²) >= 11 is 0. The van der Waals surface area contributed by atoms with Gasteiger partial charge in [0.05, 0.1) is 19.0 Å². The Morgan fingerprint density at radius 3 is 2.96 bits per heavy atom. The molecule has 2 atom stereocenters. The highest BCUT2D eigenvalue weighted by Gasteiger charge is 2.23. The van der Waals surface area contributed by atoms with E-state index in [0.29, 0.717) is 5.65 Å². The second-order valence-electron chi connectivity index (χ2n) is 4.89. The monoisotopic (exact) mass is 343 g/mol. The van der Waals surface area contributed by atoms with Crippen molar-refractivity contribution in [3.05, 3.63) is 28.8 Å². The van der Waals surface area contributed by atoms with E-state index in [-0.39, 0.29) is 24.1 Å². The molecule has 0 bridgehead atoms. The van der Waals surface area contributed by atoms with Gasteiger partial charge in [0.15, 0.2) is 23.8 Å². The minimum atomic E-state index is -4.25. The number of hydrogen-bond acceptors (Lipinski definition) is 7. The number of H-pyrrole nitrogens is 1. The largest absolute Gasteiger partial charge is 0.369 e. The number of fused-ring (bicyclic) bond motifs is 1. The first-order chi connectivity index (χ1) is 10.8. The van der Waals surface area contributed by atoms with Crippen LogP contribution < -0.4 is 11.3 Å². The molecule has 5 N–H and O–H groups in total. The van der Waals surface area contributed by atoms with Crippen LogP contribution in [0.15, 0.2) is 23.3 Å². The summed E-state index contributed by atoms with van der Waals surface area (Å²) in [5, 5.41) is 0. The first-order valence-corrected chi connectivity index (χ1v) is 8.32. The number of ether oxygens (including phenoxy) is 2. The van der Waals surface area contributed by atoms with Crippen LogP contribution in [0.4, 0.5) is 5.95 Å². The second kappa shape index (κ2) is 5.87. The van der Waals surface area contributed by atoms with Crippen LogP contribution >= 0.6 is 7.60 Å². The van der Waals surface area contributed by atoms with Crippen LogP contribution in [0.3, 0.4) is 0 Å². The molecule has 124 valence electrons. The quantitative estimate of drug-likeness (QED) is 0.415. The minimum Gasteiger partial charge on any atom is -0.369 e. The fraction of sp³-hybridized carbons (Fsp3) is 0.364. The lowest BCUT2D eigenvalue weighted by Gasteiger charge is -2.24. The molecule has 11 nitrogen and oxygen atoms in total. The molecule has 0 aromatic carbocycles. The molecule has 2 aromatic heterocycles. The van der Waals surface area contributed by atoms with Crippen molar-refractivity contribution >= 4 is 24.7 Å². The van der Waals surface area contributed by atoms with Crippen LogP contribution in [0.2, 0.25) is 0 Å². The van der Waals surface area contributed by atoms with Crippen molar-refractivity contribution < 1.29 is 23.8 Å². The van der Waals surface area contributed by atoms with Crippen molar-refractivity contribution in [3.63, 3.8) is 0 Å². The summed E-state index contributed by atoms with van der Waals surface area (Å²) in [5.74, 6) is -0.0205. The average molecular weight is 343 g/mol. The summed E-state index contributed by atoms with van der Waals surface area (Å²) in [4.78, 5) is 39.7. The van der Waals surface area contributed by atoms with Gasteiger partial charge in [-0.2, -0.15) is 4.98 Å². The maximum atomic E-state index is 11.7. The number of nitrogens with zero attached hydrogens (tertiary/aromatic N) is 3. The van der Waals surface area contributed by atoms with E-state index in [2.05, 4.69) is 15.0 Å². The van der Waals surface area contributed by atoms with E-state index in [1.54, 1.807) is 10.6 Å². The fourth-order valence-electron chi connectivity index (χ4n) is 2.16. The van der Waals surface area contributed by atoms with Crippen LogP contribution in [0.1, 0.15) is 6.04 Å². The Labute approximate surface area is 128 Å². The number of anilines is 1. The zero-order valence-electron chi connectivity index (χ0n) is 11.7. The van der Waals surface area contributed by atoms with Gasteiger partial charge in [-0.3, -0.25) is 14.3 Å². The molecule has 3 heterocycles. The number of nitrogens with two attached hydrogens (primary N) is 1. The van der Waals surface area contributed by atoms with Gasteiger partial charge in [-0.1, -0.05) is 6.08 Å². The van der Waals surface area contributed by atoms with Crippen molar-refractivity contribution in [1.82, 2.24) is 19.5 Å². The SMILES string of the molecule is Nc1nc2c(ncn2C2C=CC(OCP(=O)(O)O)OC2)c(=O)[nH]1. The van der Waals surface area contributed by atoms with Crippen molar-refractivity contribution in [2.75, 3.05) is 18.7 Å². The first kappa shape index (κ1) is 15.8. The highest BCUT2D eigenvalue weighted by atomic mass is 31.2. The van der Waals surface area contributed by atoms with Crippen molar-refractivity contribution in [2.45, 2.75) is 12.3 Å². The molecule has 2 unspecified atom stereocenters. The molecule has 0 saturated heterocycles. The smallest absolute Gasteiger partial charge is 0.351 e. The lowest BCUT2D eigenvalue weighted by molar-refractivity contribution is -0.112. The summed E-state index contributed by atoms with van der Waals surface area (Å²) in [5.41, 5.74) is 5.58. The summed E-state index contributed by atoms with van der Waals surface area (Å²) in [6, 6.07) is -0.302. The maximum absolute atomic E-state index is 11.7. The van der Waals surface area contributed by atoms with Crippen molar-refractivity contribution in [1.29, 1.82) is 0 Å². The molecule has 0 aliphatic carbocycles. The topological polar surface area (TPSA) is 166 Å². The van der Waals surface area contributed by atoms with Crippen LogP contribution in [-0.2, 0) is 14.0 Å². The Balaban J connectivity index is 1.80. The van der Waals surface area contributed by atoms with Gasteiger partial charge in [0.25, 0.3) is 5.56 Å². The van der Waals surface area contributed by atoms with Gasteiger partial charge in [-0.05, 0) is 6.08 Å². The Morgan fingerprint density at radius 1 is 1.52 bits per heavy atom. The third-order valence-corrected chi connectivity index (χ3v) is 3.62. The highest BCUT2D eigenvalue weighted by Crippen LogP contribution is 2.35. The van der Waals surface area contributed by atoms with E-state index >= 15 is 0 Å². The minimum absolute atomic E-state index is 0.0205. The zero-order valence-corrected chi connectivity index (χ0v) is 12.6. The van der Waals surface area contributed by atoms with E-state index in [1.165, 1.54) is 12.4 Å². The summed E-state index contributed by atoms with van der Waals surface area (Å²) in [6.07, 6.45) is 3.10. The summed E-state index contributed by atoms with van der Waals surface area (Å²) < 4.78 is 22.7. The van der Waals surface area contributed by atoms with Gasteiger partial charge >= 0.3 is 7.60 Å². The number of hydrogen-bond donors (Lipinski definition) is 4. The molecular weight excluding hydrogens is 329 g/mol. The summed E-state index contributed by atoms with van der Waals surface area (Å²) in [6.45, 7) is 0.155. The number of nitrogen functional groups attached to an aromatic ring is 1. The van der Waals surface area contributed by atoms with Gasteiger partial charge < -0.3 is 29.6 Å². The third-order valence-electron chi connectivity index (χ3n) is 3.14. The predicted molar refractivity (Wildman–Crippen MR) is 78.5 cm³/mol. The van der Waals surface area contributed by atoms with E-state index in [0.717, 1.165) is 0 Å². The van der Waals surface area contributed by atoms with Gasteiger partial charge in [0, 0.05) is 0 Å². The van der Waals surface area contributed by atoms with Gasteiger partial charge in [-0.15, -0.1) is 0 Å². The molecule has 0 amide bonds. The first-order valence-electron chi connectivity index (χ1n) is 6.52. The zero-order chi connectivity index (χ0) is 16.6. The number of aromatic nitrogens is 4. The maximum Gasteiger partial charge on any atom is 0.351 e. The van der Waals surface area contributed by atoms with Crippen LogP contribution in [0.5, 0.6) is 0 Å². The van der Waals surface area contributed by atoms with Crippen LogP contribution in [0, 0.1) is 0 Å². The average Bonchev–Trinajstić information content (AvgIpc) is 2.89. The molecule has 3 rings (SSSR count). The normalized spacial score (nSPS) is 21.8. The molecule has 1 aliphatic rings. The van der Waals surface area contributed by atoms with E-state index in [4.69, 9.17) is 25.0 Å². The highest BCUT2D eigenvalue weighted by molar-refractivity contribution is 7.51. The number of aromatic amines is 1. The number of rotatable bonds is 4. The Hall–Kier alpha value is -2.04. The molecule has 0 saturated carbocycles.